The summed E-state index contributed by atoms with van der Waals surface area (Å²) in [6.07, 6.45) is 2.35. The molecular weight excluding hydrogens is 350 g/mol. The van der Waals surface area contributed by atoms with Crippen LogP contribution in [0.25, 0.3) is 0 Å². The Labute approximate surface area is 170 Å². The molecule has 2 saturated heterocycles. The molecule has 3 rings (SSSR count). The van der Waals surface area contributed by atoms with Crippen LogP contribution in [0.5, 0.6) is 0 Å². The maximum Gasteiger partial charge on any atom is 0.191 e. The average Bonchev–Trinajstić information content (AvgIpc) is 2.72. The van der Waals surface area contributed by atoms with E-state index in [1.54, 1.807) is 0 Å². The van der Waals surface area contributed by atoms with E-state index in [1.807, 2.05) is 7.05 Å². The van der Waals surface area contributed by atoms with Crippen molar-refractivity contribution < 1.29 is 4.74 Å². The number of morpholine rings is 1. The van der Waals surface area contributed by atoms with Gasteiger partial charge in [0.2, 0.25) is 0 Å². The van der Waals surface area contributed by atoms with Gasteiger partial charge in [-0.3, -0.25) is 9.89 Å². The second kappa shape index (κ2) is 10.8. The number of likely N-dealkylation sites (tertiary alicyclic amines) is 1. The fourth-order valence-electron chi connectivity index (χ4n) is 3.99. The first kappa shape index (κ1) is 21.1. The number of rotatable bonds is 6. The minimum Gasteiger partial charge on any atom is -0.379 e. The zero-order valence-corrected chi connectivity index (χ0v) is 17.8. The summed E-state index contributed by atoms with van der Waals surface area (Å²) in [5.74, 6) is 0.904. The molecule has 0 atom stereocenters. The van der Waals surface area contributed by atoms with Gasteiger partial charge in [0.1, 0.15) is 0 Å². The number of benzene rings is 1. The second-order valence-electron chi connectivity index (χ2n) is 8.18. The van der Waals surface area contributed by atoms with Crippen LogP contribution in [0, 0.1) is 0 Å². The van der Waals surface area contributed by atoms with E-state index in [2.05, 4.69) is 63.5 Å². The minimum absolute atomic E-state index is 0.508. The lowest BCUT2D eigenvalue weighted by molar-refractivity contribution is 0.0342. The van der Waals surface area contributed by atoms with E-state index < -0.39 is 0 Å². The molecule has 0 saturated carbocycles. The summed E-state index contributed by atoms with van der Waals surface area (Å²) in [7, 11) is 1.85. The molecule has 2 fully saturated rings. The smallest absolute Gasteiger partial charge is 0.191 e. The third kappa shape index (κ3) is 6.47. The molecule has 2 N–H and O–H groups in total. The molecule has 2 aliphatic rings. The van der Waals surface area contributed by atoms with E-state index in [1.165, 1.54) is 24.0 Å². The highest BCUT2D eigenvalue weighted by Gasteiger charge is 2.21. The summed E-state index contributed by atoms with van der Waals surface area (Å²) < 4.78 is 5.44. The van der Waals surface area contributed by atoms with Crippen molar-refractivity contribution in [2.24, 2.45) is 4.99 Å². The van der Waals surface area contributed by atoms with E-state index in [0.717, 1.165) is 58.4 Å². The number of piperidine rings is 1. The lowest BCUT2D eigenvalue weighted by Gasteiger charge is -2.35. The van der Waals surface area contributed by atoms with Crippen LogP contribution in [0.3, 0.4) is 0 Å². The van der Waals surface area contributed by atoms with Crippen LogP contribution in [0.15, 0.2) is 29.3 Å². The van der Waals surface area contributed by atoms with E-state index >= 15 is 0 Å². The summed E-state index contributed by atoms with van der Waals surface area (Å²) >= 11 is 0. The summed E-state index contributed by atoms with van der Waals surface area (Å²) in [6, 6.07) is 10.0. The molecular formula is C22H37N5O. The van der Waals surface area contributed by atoms with Gasteiger partial charge in [0.15, 0.2) is 5.96 Å². The van der Waals surface area contributed by atoms with Gasteiger partial charge < -0.3 is 20.3 Å². The van der Waals surface area contributed by atoms with Crippen LogP contribution in [0.4, 0.5) is 0 Å². The number of hydrogen-bond acceptors (Lipinski definition) is 4. The van der Waals surface area contributed by atoms with Crippen LogP contribution < -0.4 is 10.6 Å². The Morgan fingerprint density at radius 3 is 2.54 bits per heavy atom. The first-order valence-corrected chi connectivity index (χ1v) is 10.7. The van der Waals surface area contributed by atoms with Crippen molar-refractivity contribution in [2.75, 3.05) is 46.4 Å². The number of nitrogens with zero attached hydrogens (tertiary/aromatic N) is 3. The topological polar surface area (TPSA) is 52.1 Å². The fourth-order valence-corrected chi connectivity index (χ4v) is 3.99. The van der Waals surface area contributed by atoms with Crippen LogP contribution in [0.1, 0.15) is 37.8 Å². The van der Waals surface area contributed by atoms with Gasteiger partial charge in [-0.05, 0) is 37.8 Å². The molecule has 2 aliphatic heterocycles. The Morgan fingerprint density at radius 2 is 1.86 bits per heavy atom. The summed E-state index contributed by atoms with van der Waals surface area (Å²) in [5.41, 5.74) is 2.66. The van der Waals surface area contributed by atoms with Gasteiger partial charge in [0.05, 0.1) is 13.2 Å². The molecule has 1 aromatic carbocycles. The summed E-state index contributed by atoms with van der Waals surface area (Å²) in [6.45, 7) is 12.4. The third-order valence-corrected chi connectivity index (χ3v) is 5.79. The van der Waals surface area contributed by atoms with Gasteiger partial charge in [0, 0.05) is 58.4 Å². The van der Waals surface area contributed by atoms with Crippen molar-refractivity contribution in [3.8, 4) is 0 Å². The van der Waals surface area contributed by atoms with Crippen molar-refractivity contribution in [1.29, 1.82) is 0 Å². The Bertz CT molecular complexity index is 619. The molecule has 0 radical (unpaired) electrons. The monoisotopic (exact) mass is 387 g/mol. The zero-order chi connectivity index (χ0) is 19.8. The quantitative estimate of drug-likeness (QED) is 0.578. The molecule has 0 aromatic heterocycles. The molecule has 0 unspecified atom stereocenters. The van der Waals surface area contributed by atoms with Crippen LogP contribution in [-0.4, -0.2) is 74.3 Å². The van der Waals surface area contributed by atoms with Gasteiger partial charge >= 0.3 is 0 Å². The summed E-state index contributed by atoms with van der Waals surface area (Å²) in [4.78, 5) is 9.43. The van der Waals surface area contributed by atoms with Crippen LogP contribution >= 0.6 is 0 Å². The lowest BCUT2D eigenvalue weighted by atomic mass is 10.0. The van der Waals surface area contributed by atoms with Crippen molar-refractivity contribution in [2.45, 2.75) is 51.9 Å². The third-order valence-electron chi connectivity index (χ3n) is 5.79. The van der Waals surface area contributed by atoms with Crippen molar-refractivity contribution in [3.63, 3.8) is 0 Å². The van der Waals surface area contributed by atoms with Gasteiger partial charge in [-0.2, -0.15) is 0 Å². The maximum atomic E-state index is 5.44. The number of guanidine groups is 1. The molecule has 1 aromatic rings. The highest BCUT2D eigenvalue weighted by Crippen LogP contribution is 2.13. The van der Waals surface area contributed by atoms with E-state index in [4.69, 9.17) is 4.74 Å². The molecule has 28 heavy (non-hydrogen) atoms. The fraction of sp³-hybridized carbons (Fsp3) is 0.682. The van der Waals surface area contributed by atoms with Gasteiger partial charge in [-0.15, -0.1) is 0 Å². The number of aliphatic imine (C=N–C) groups is 1. The SMILES string of the molecule is CN=C(NCc1cccc(CN2CCOCC2)c1)NC1CCN(C(C)C)CC1. The minimum atomic E-state index is 0.508. The van der Waals surface area contributed by atoms with E-state index in [0.29, 0.717) is 12.1 Å². The summed E-state index contributed by atoms with van der Waals surface area (Å²) in [5, 5.41) is 7.10. The zero-order valence-electron chi connectivity index (χ0n) is 17.8. The normalized spacial score (nSPS) is 20.5. The highest BCUT2D eigenvalue weighted by atomic mass is 16.5. The molecule has 156 valence electrons. The number of hydrogen-bond donors (Lipinski definition) is 2. The van der Waals surface area contributed by atoms with Crippen LogP contribution in [-0.2, 0) is 17.8 Å². The molecule has 0 bridgehead atoms. The van der Waals surface area contributed by atoms with Crippen molar-refractivity contribution in [1.82, 2.24) is 20.4 Å². The van der Waals surface area contributed by atoms with E-state index in [-0.39, 0.29) is 0 Å². The van der Waals surface area contributed by atoms with Gasteiger partial charge in [-0.1, -0.05) is 24.3 Å². The molecule has 0 aliphatic carbocycles. The van der Waals surface area contributed by atoms with Gasteiger partial charge in [0.25, 0.3) is 0 Å². The van der Waals surface area contributed by atoms with E-state index in [9.17, 15) is 0 Å². The lowest BCUT2D eigenvalue weighted by Crippen LogP contribution is -2.49. The van der Waals surface area contributed by atoms with Gasteiger partial charge in [-0.25, -0.2) is 0 Å². The Morgan fingerprint density at radius 1 is 1.14 bits per heavy atom. The Kier molecular flexibility index (Phi) is 8.13. The molecule has 2 heterocycles. The standard InChI is InChI=1S/C22H37N5O/c1-18(2)27-9-7-21(8-10-27)25-22(23-3)24-16-19-5-4-6-20(15-19)17-26-11-13-28-14-12-26/h4-6,15,18,21H,7-14,16-17H2,1-3H3,(H2,23,24,25). The van der Waals surface area contributed by atoms with Crippen molar-refractivity contribution >= 4 is 5.96 Å². The first-order valence-electron chi connectivity index (χ1n) is 10.7. The van der Waals surface area contributed by atoms with Crippen LogP contribution in [0.2, 0.25) is 0 Å². The Balaban J connectivity index is 1.45. The first-order chi connectivity index (χ1) is 13.6. The maximum absolute atomic E-state index is 5.44. The van der Waals surface area contributed by atoms with Crippen molar-refractivity contribution in [3.05, 3.63) is 35.4 Å². The molecule has 6 nitrogen and oxygen atoms in total. The number of ether oxygens (including phenoxy) is 1. The Hall–Kier alpha value is -1.63. The predicted octanol–water partition coefficient (Wildman–Crippen LogP) is 2.06. The largest absolute Gasteiger partial charge is 0.379 e. The molecule has 0 amide bonds. The highest BCUT2D eigenvalue weighted by molar-refractivity contribution is 5.79. The predicted molar refractivity (Wildman–Crippen MR) is 116 cm³/mol. The second-order valence-corrected chi connectivity index (χ2v) is 8.18. The number of nitrogens with one attached hydrogen (secondary N) is 2. The average molecular weight is 388 g/mol. The molecule has 6 heteroatoms. The molecule has 0 spiro atoms.